The Labute approximate surface area is 136 Å². The monoisotopic (exact) mass is 302 g/mol. The second-order valence-corrected chi connectivity index (χ2v) is 5.27. The predicted octanol–water partition coefficient (Wildman–Crippen LogP) is 3.72. The Bertz CT molecular complexity index is 753. The third kappa shape index (κ3) is 4.04. The smallest absolute Gasteiger partial charge is 0.251 e. The lowest BCUT2D eigenvalue weighted by Gasteiger charge is -2.06. The van der Waals surface area contributed by atoms with Crippen LogP contribution < -0.4 is 5.32 Å². The van der Waals surface area contributed by atoms with E-state index in [1.54, 1.807) is 6.20 Å². The van der Waals surface area contributed by atoms with Crippen molar-refractivity contribution in [2.45, 2.75) is 6.42 Å². The second kappa shape index (κ2) is 7.36. The van der Waals surface area contributed by atoms with Gasteiger partial charge in [-0.25, -0.2) is 0 Å². The van der Waals surface area contributed by atoms with Gasteiger partial charge in [0.15, 0.2) is 0 Å². The molecule has 0 saturated heterocycles. The summed E-state index contributed by atoms with van der Waals surface area (Å²) in [5, 5.41) is 2.93. The van der Waals surface area contributed by atoms with Gasteiger partial charge < -0.3 is 5.32 Å². The second-order valence-electron chi connectivity index (χ2n) is 5.27. The highest BCUT2D eigenvalue weighted by Gasteiger charge is 2.05. The Kier molecular flexibility index (Phi) is 4.79. The van der Waals surface area contributed by atoms with E-state index < -0.39 is 0 Å². The highest BCUT2D eigenvalue weighted by Crippen LogP contribution is 2.19. The van der Waals surface area contributed by atoms with Gasteiger partial charge in [-0.2, -0.15) is 0 Å². The lowest BCUT2D eigenvalue weighted by atomic mass is 10.0. The number of amides is 1. The zero-order chi connectivity index (χ0) is 15.9. The van der Waals surface area contributed by atoms with E-state index in [-0.39, 0.29) is 5.91 Å². The molecule has 0 spiro atoms. The number of pyridine rings is 1. The Morgan fingerprint density at radius 3 is 2.22 bits per heavy atom. The summed E-state index contributed by atoms with van der Waals surface area (Å²) in [6, 6.07) is 23.6. The molecule has 0 bridgehead atoms. The van der Waals surface area contributed by atoms with Crippen molar-refractivity contribution < 1.29 is 4.79 Å². The average Bonchev–Trinajstić information content (AvgIpc) is 2.63. The first-order chi connectivity index (χ1) is 11.3. The minimum Gasteiger partial charge on any atom is -0.352 e. The van der Waals surface area contributed by atoms with Crippen LogP contribution in [0.1, 0.15) is 16.1 Å². The van der Waals surface area contributed by atoms with E-state index in [1.807, 2.05) is 60.7 Å². The maximum absolute atomic E-state index is 12.2. The zero-order valence-corrected chi connectivity index (χ0v) is 12.8. The van der Waals surface area contributed by atoms with Gasteiger partial charge in [-0.05, 0) is 35.4 Å². The molecule has 1 N–H and O–H groups in total. The van der Waals surface area contributed by atoms with Gasteiger partial charge in [-0.15, -0.1) is 0 Å². The van der Waals surface area contributed by atoms with Crippen molar-refractivity contribution in [2.75, 3.05) is 6.54 Å². The predicted molar refractivity (Wildman–Crippen MR) is 92.2 cm³/mol. The highest BCUT2D eigenvalue weighted by atomic mass is 16.1. The number of carbonyl (C=O) groups is 1. The summed E-state index contributed by atoms with van der Waals surface area (Å²) >= 11 is 0. The van der Waals surface area contributed by atoms with Crippen molar-refractivity contribution >= 4 is 5.91 Å². The average molecular weight is 302 g/mol. The van der Waals surface area contributed by atoms with Crippen molar-refractivity contribution in [1.29, 1.82) is 0 Å². The van der Waals surface area contributed by atoms with Gasteiger partial charge in [0.25, 0.3) is 5.91 Å². The summed E-state index contributed by atoms with van der Waals surface area (Å²) in [7, 11) is 0. The van der Waals surface area contributed by atoms with Gasteiger partial charge in [-0.3, -0.25) is 9.78 Å². The third-order valence-corrected chi connectivity index (χ3v) is 3.65. The Balaban J connectivity index is 1.58. The van der Waals surface area contributed by atoms with Crippen LogP contribution in [0.25, 0.3) is 11.1 Å². The molecule has 0 saturated carbocycles. The van der Waals surface area contributed by atoms with Crippen LogP contribution >= 0.6 is 0 Å². The third-order valence-electron chi connectivity index (χ3n) is 3.65. The Morgan fingerprint density at radius 1 is 0.826 bits per heavy atom. The summed E-state index contributed by atoms with van der Waals surface area (Å²) in [6.07, 6.45) is 2.49. The van der Waals surface area contributed by atoms with Crippen molar-refractivity contribution in [3.63, 3.8) is 0 Å². The standard InChI is InChI=1S/C20H18N2O/c23-20(22-15-13-19-8-4-5-14-21-19)18-11-9-17(10-12-18)16-6-2-1-3-7-16/h1-12,14H,13,15H2,(H,22,23). The van der Waals surface area contributed by atoms with Crippen LogP contribution in [0.4, 0.5) is 0 Å². The number of carbonyl (C=O) groups excluding carboxylic acids is 1. The number of nitrogens with one attached hydrogen (secondary N) is 1. The van der Waals surface area contributed by atoms with E-state index in [0.717, 1.165) is 23.2 Å². The number of hydrogen-bond donors (Lipinski definition) is 1. The van der Waals surface area contributed by atoms with E-state index in [4.69, 9.17) is 0 Å². The van der Waals surface area contributed by atoms with E-state index in [1.165, 1.54) is 0 Å². The molecule has 0 aliphatic carbocycles. The maximum atomic E-state index is 12.2. The summed E-state index contributed by atoms with van der Waals surface area (Å²) in [5.74, 6) is -0.0551. The first kappa shape index (κ1) is 15.0. The molecule has 1 aromatic heterocycles. The van der Waals surface area contributed by atoms with E-state index in [0.29, 0.717) is 12.1 Å². The van der Waals surface area contributed by atoms with Gasteiger partial charge in [-0.1, -0.05) is 48.5 Å². The lowest BCUT2D eigenvalue weighted by Crippen LogP contribution is -2.25. The Hall–Kier alpha value is -2.94. The fourth-order valence-corrected chi connectivity index (χ4v) is 2.40. The van der Waals surface area contributed by atoms with Crippen LogP contribution in [-0.4, -0.2) is 17.4 Å². The largest absolute Gasteiger partial charge is 0.352 e. The van der Waals surface area contributed by atoms with Gasteiger partial charge >= 0.3 is 0 Å². The van der Waals surface area contributed by atoms with Crippen molar-refractivity contribution in [3.05, 3.63) is 90.3 Å². The first-order valence-corrected chi connectivity index (χ1v) is 7.66. The molecule has 1 amide bonds. The van der Waals surface area contributed by atoms with Crippen LogP contribution in [0.2, 0.25) is 0 Å². The number of rotatable bonds is 5. The molecular formula is C20H18N2O. The number of aromatic nitrogens is 1. The lowest BCUT2D eigenvalue weighted by molar-refractivity contribution is 0.0954. The van der Waals surface area contributed by atoms with E-state index in [2.05, 4.69) is 22.4 Å². The van der Waals surface area contributed by atoms with E-state index >= 15 is 0 Å². The number of hydrogen-bond acceptors (Lipinski definition) is 2. The molecule has 0 unspecified atom stereocenters. The summed E-state index contributed by atoms with van der Waals surface area (Å²) in [5.41, 5.74) is 3.91. The number of nitrogens with zero attached hydrogens (tertiary/aromatic N) is 1. The Morgan fingerprint density at radius 2 is 1.52 bits per heavy atom. The molecule has 0 aliphatic rings. The van der Waals surface area contributed by atoms with Crippen LogP contribution in [-0.2, 0) is 6.42 Å². The van der Waals surface area contributed by atoms with Gasteiger partial charge in [0.2, 0.25) is 0 Å². The summed E-state index contributed by atoms with van der Waals surface area (Å²) in [4.78, 5) is 16.4. The van der Waals surface area contributed by atoms with Gasteiger partial charge in [0.05, 0.1) is 0 Å². The minimum absolute atomic E-state index is 0.0551. The van der Waals surface area contributed by atoms with E-state index in [9.17, 15) is 4.79 Å². The first-order valence-electron chi connectivity index (χ1n) is 7.66. The molecule has 3 heteroatoms. The van der Waals surface area contributed by atoms with Crippen LogP contribution in [0.5, 0.6) is 0 Å². The topological polar surface area (TPSA) is 42.0 Å². The number of benzene rings is 2. The molecule has 0 radical (unpaired) electrons. The molecule has 23 heavy (non-hydrogen) atoms. The molecule has 0 aliphatic heterocycles. The molecule has 0 atom stereocenters. The summed E-state index contributed by atoms with van der Waals surface area (Å²) < 4.78 is 0. The van der Waals surface area contributed by atoms with Gasteiger partial charge in [0.1, 0.15) is 0 Å². The van der Waals surface area contributed by atoms with Crippen LogP contribution in [0.3, 0.4) is 0 Å². The van der Waals surface area contributed by atoms with Crippen LogP contribution in [0.15, 0.2) is 79.0 Å². The quantitative estimate of drug-likeness (QED) is 0.780. The fraction of sp³-hybridized carbons (Fsp3) is 0.100. The van der Waals surface area contributed by atoms with Crippen molar-refractivity contribution in [3.8, 4) is 11.1 Å². The zero-order valence-electron chi connectivity index (χ0n) is 12.8. The molecular weight excluding hydrogens is 284 g/mol. The molecule has 3 aromatic rings. The van der Waals surface area contributed by atoms with Crippen molar-refractivity contribution in [1.82, 2.24) is 10.3 Å². The fourth-order valence-electron chi connectivity index (χ4n) is 2.40. The molecule has 1 heterocycles. The van der Waals surface area contributed by atoms with Gasteiger partial charge in [0, 0.05) is 30.4 Å². The molecule has 114 valence electrons. The maximum Gasteiger partial charge on any atom is 0.251 e. The minimum atomic E-state index is -0.0551. The molecule has 3 nitrogen and oxygen atoms in total. The normalized spacial score (nSPS) is 10.3. The van der Waals surface area contributed by atoms with Crippen molar-refractivity contribution in [2.24, 2.45) is 0 Å². The molecule has 3 rings (SSSR count). The van der Waals surface area contributed by atoms with Crippen LogP contribution in [0, 0.1) is 0 Å². The highest BCUT2D eigenvalue weighted by molar-refractivity contribution is 5.94. The molecule has 0 fully saturated rings. The SMILES string of the molecule is O=C(NCCc1ccccn1)c1ccc(-c2ccccc2)cc1. The summed E-state index contributed by atoms with van der Waals surface area (Å²) in [6.45, 7) is 0.580. The molecule has 2 aromatic carbocycles.